The molecule has 46 heavy (non-hydrogen) atoms. The summed E-state index contributed by atoms with van der Waals surface area (Å²) >= 11 is 0. The molecule has 2 aliphatic heterocycles. The smallest absolute Gasteiger partial charge is 0.248 e. The van der Waals surface area contributed by atoms with Gasteiger partial charge in [0.15, 0.2) is 0 Å². The summed E-state index contributed by atoms with van der Waals surface area (Å²) in [4.78, 5) is 26.5. The third kappa shape index (κ3) is 7.88. The Hall–Kier alpha value is -2.26. The summed E-state index contributed by atoms with van der Waals surface area (Å²) in [7, 11) is 2.32. The zero-order chi connectivity index (χ0) is 32.1. The molecule has 3 fully saturated rings. The first-order chi connectivity index (χ1) is 22.3. The van der Waals surface area contributed by atoms with Crippen molar-refractivity contribution in [3.63, 3.8) is 0 Å². The number of nitrogens with two attached hydrogens (primary N) is 1. The summed E-state index contributed by atoms with van der Waals surface area (Å²) in [5, 5.41) is 0. The predicted molar refractivity (Wildman–Crippen MR) is 180 cm³/mol. The van der Waals surface area contributed by atoms with Crippen LogP contribution in [0.3, 0.4) is 0 Å². The van der Waals surface area contributed by atoms with Gasteiger partial charge in [0, 0.05) is 62.6 Å². The maximum absolute atomic E-state index is 13.8. The van der Waals surface area contributed by atoms with Gasteiger partial charge in [0.2, 0.25) is 5.92 Å². The Morgan fingerprint density at radius 2 is 1.87 bits per heavy atom. The fourth-order valence-corrected chi connectivity index (χ4v) is 9.15. The van der Waals surface area contributed by atoms with Crippen molar-refractivity contribution in [1.82, 2.24) is 19.7 Å². The number of carbonyl (C=O) groups excluding carboxylic acids is 1. The third-order valence-electron chi connectivity index (χ3n) is 11.8. The van der Waals surface area contributed by atoms with E-state index in [1.54, 1.807) is 0 Å². The molecule has 6 rings (SSSR count). The number of ketones is 1. The zero-order valence-electron chi connectivity index (χ0n) is 27.8. The lowest BCUT2D eigenvalue weighted by Gasteiger charge is -2.48. The minimum atomic E-state index is -2.61. The van der Waals surface area contributed by atoms with Crippen LogP contribution in [0.25, 0.3) is 0 Å². The Bertz CT molecular complexity index is 1270. The van der Waals surface area contributed by atoms with Gasteiger partial charge in [0.05, 0.1) is 11.7 Å². The van der Waals surface area contributed by atoms with Crippen molar-refractivity contribution in [3.05, 3.63) is 65.5 Å². The van der Waals surface area contributed by atoms with Crippen molar-refractivity contribution in [2.24, 2.45) is 11.7 Å². The predicted octanol–water partition coefficient (Wildman–Crippen LogP) is 6.61. The molecule has 2 saturated heterocycles. The summed E-state index contributed by atoms with van der Waals surface area (Å²) in [5.41, 5.74) is 9.81. The first kappa shape index (κ1) is 33.6. The summed E-state index contributed by atoms with van der Waals surface area (Å²) in [5.74, 6) is -2.53. The van der Waals surface area contributed by atoms with Crippen LogP contribution in [0, 0.1) is 5.92 Å². The molecule has 1 aromatic carbocycles. The fraction of sp³-hybridized carbons (Fsp3) is 0.684. The molecule has 0 radical (unpaired) electrons. The van der Waals surface area contributed by atoms with E-state index >= 15 is 0 Å². The molecule has 2 N–H and O–H groups in total. The molecule has 3 heterocycles. The number of aryl methyl sites for hydroxylation is 1. The average Bonchev–Trinajstić information content (AvgIpc) is 3.37. The Morgan fingerprint density at radius 3 is 2.65 bits per heavy atom. The van der Waals surface area contributed by atoms with Crippen LogP contribution in [0.4, 0.5) is 8.78 Å². The van der Waals surface area contributed by atoms with E-state index in [4.69, 9.17) is 10.7 Å². The van der Waals surface area contributed by atoms with Gasteiger partial charge in [-0.15, -0.1) is 0 Å². The summed E-state index contributed by atoms with van der Waals surface area (Å²) in [6.45, 7) is 4.85. The molecule has 252 valence electrons. The average molecular weight is 636 g/mol. The lowest BCUT2D eigenvalue weighted by molar-refractivity contribution is -0.127. The van der Waals surface area contributed by atoms with Crippen molar-refractivity contribution in [1.29, 1.82) is 0 Å². The van der Waals surface area contributed by atoms with Crippen LogP contribution in [-0.4, -0.2) is 89.3 Å². The molecule has 1 saturated carbocycles. The normalized spacial score (nSPS) is 27.5. The molecular weight excluding hydrogens is 580 g/mol. The van der Waals surface area contributed by atoms with Gasteiger partial charge in [-0.05, 0) is 114 Å². The highest BCUT2D eigenvalue weighted by molar-refractivity contribution is 5.82. The van der Waals surface area contributed by atoms with Gasteiger partial charge in [-0.2, -0.15) is 0 Å². The molecule has 6 nitrogen and oxygen atoms in total. The molecule has 1 aromatic heterocycles. The minimum Gasteiger partial charge on any atom is -0.330 e. The van der Waals surface area contributed by atoms with Crippen LogP contribution in [0.15, 0.2) is 48.7 Å². The number of likely N-dealkylation sites (tertiary alicyclic amines) is 1. The van der Waals surface area contributed by atoms with E-state index in [0.717, 1.165) is 64.8 Å². The van der Waals surface area contributed by atoms with Crippen molar-refractivity contribution in [2.45, 2.75) is 119 Å². The molecular formula is C38H55F2N5O. The second kappa shape index (κ2) is 15.3. The summed E-state index contributed by atoms with van der Waals surface area (Å²) in [6, 6.07) is 16.6. The van der Waals surface area contributed by atoms with Crippen LogP contribution in [0.2, 0.25) is 0 Å². The van der Waals surface area contributed by atoms with Crippen LogP contribution in [-0.2, 0) is 11.2 Å². The first-order valence-electron chi connectivity index (χ1n) is 18.1. The number of unbranched alkanes of at least 4 members (excludes halogenated alkanes) is 1. The number of alkyl halides is 2. The number of Topliss-reactive ketones (excluding diaryl/α,β-unsaturated/α-hetero) is 1. The summed E-state index contributed by atoms with van der Waals surface area (Å²) in [6.07, 6.45) is 11.7. The van der Waals surface area contributed by atoms with Crippen molar-refractivity contribution < 1.29 is 13.6 Å². The number of carbonyl (C=O) groups is 1. The van der Waals surface area contributed by atoms with Crippen LogP contribution >= 0.6 is 0 Å². The number of pyridine rings is 1. The second-order valence-electron chi connectivity index (χ2n) is 14.7. The highest BCUT2D eigenvalue weighted by Crippen LogP contribution is 2.40. The number of likely N-dealkylation sites (N-methyl/N-ethyl adjacent to an activating group) is 1. The summed E-state index contributed by atoms with van der Waals surface area (Å²) < 4.78 is 27.7. The first-order valence-corrected chi connectivity index (χ1v) is 18.1. The van der Waals surface area contributed by atoms with Gasteiger partial charge >= 0.3 is 0 Å². The monoisotopic (exact) mass is 635 g/mol. The molecule has 0 amide bonds. The lowest BCUT2D eigenvalue weighted by Crippen LogP contribution is -2.61. The van der Waals surface area contributed by atoms with Gasteiger partial charge in [-0.25, -0.2) is 8.78 Å². The van der Waals surface area contributed by atoms with E-state index in [1.165, 1.54) is 36.1 Å². The number of nitrogens with zero attached hydrogens (tertiary/aromatic N) is 4. The van der Waals surface area contributed by atoms with E-state index < -0.39 is 5.92 Å². The van der Waals surface area contributed by atoms with E-state index in [9.17, 15) is 13.6 Å². The second-order valence-corrected chi connectivity index (χ2v) is 14.7. The zero-order valence-corrected chi connectivity index (χ0v) is 27.8. The number of benzene rings is 1. The van der Waals surface area contributed by atoms with Crippen molar-refractivity contribution >= 4 is 5.78 Å². The Kier molecular flexibility index (Phi) is 11.2. The van der Waals surface area contributed by atoms with E-state index in [0.29, 0.717) is 43.4 Å². The van der Waals surface area contributed by atoms with Gasteiger partial charge < -0.3 is 5.73 Å². The Labute approximate surface area is 275 Å². The van der Waals surface area contributed by atoms with Gasteiger partial charge in [-0.3, -0.25) is 24.5 Å². The maximum atomic E-state index is 13.8. The molecule has 0 spiro atoms. The number of hydrogen-bond acceptors (Lipinski definition) is 6. The third-order valence-corrected chi connectivity index (χ3v) is 11.8. The standard InChI is InChI=1S/C38H55F2N5O/c1-43-26-32-14-15-33(35(43)27-44(23-6-5-21-41)34-13-7-11-30-12-8-22-42-37(30)34)45(32)24-18-31(28-9-3-2-4-10-28)25-36(46)29-16-19-38(39,40)20-17-29/h2-4,8-10,12,22,29,31-35H,5-7,11,13-21,23-27,41H2,1H3/t31-,32-,33+,34?,35+/m0/s1. The van der Waals surface area contributed by atoms with Crippen LogP contribution in [0.5, 0.6) is 0 Å². The molecule has 1 unspecified atom stereocenters. The van der Waals surface area contributed by atoms with Gasteiger partial charge in [0.1, 0.15) is 5.78 Å². The van der Waals surface area contributed by atoms with Crippen LogP contribution < -0.4 is 5.73 Å². The number of hydrogen-bond donors (Lipinski definition) is 1. The fourth-order valence-electron chi connectivity index (χ4n) is 9.15. The van der Waals surface area contributed by atoms with E-state index in [2.05, 4.69) is 58.1 Å². The SMILES string of the molecule is CN1C[C@@H]2CC[C@H]([C@H]1CN(CCCCN)C1CCCc3cccnc31)N2CC[C@@H](CC(=O)C1CCC(F)(F)CC1)c1ccccc1. The molecule has 2 aliphatic carbocycles. The highest BCUT2D eigenvalue weighted by atomic mass is 19.3. The number of halogens is 2. The highest BCUT2D eigenvalue weighted by Gasteiger charge is 2.46. The number of piperazine rings is 1. The number of rotatable bonds is 14. The molecule has 8 heteroatoms. The number of fused-ring (bicyclic) bond motifs is 3. The van der Waals surface area contributed by atoms with Gasteiger partial charge in [0.25, 0.3) is 0 Å². The minimum absolute atomic E-state index is 0.117. The van der Waals surface area contributed by atoms with Crippen LogP contribution in [0.1, 0.15) is 106 Å². The molecule has 2 aromatic rings. The molecule has 2 bridgehead atoms. The van der Waals surface area contributed by atoms with Gasteiger partial charge in [-0.1, -0.05) is 36.4 Å². The van der Waals surface area contributed by atoms with E-state index in [1.807, 2.05) is 12.3 Å². The van der Waals surface area contributed by atoms with E-state index in [-0.39, 0.29) is 30.5 Å². The number of aromatic nitrogens is 1. The molecule has 5 atom stereocenters. The lowest BCUT2D eigenvalue weighted by atomic mass is 9.79. The quantitative estimate of drug-likeness (QED) is 0.236. The molecule has 4 aliphatic rings. The Balaban J connectivity index is 1.15. The van der Waals surface area contributed by atoms with Crippen molar-refractivity contribution in [3.8, 4) is 0 Å². The van der Waals surface area contributed by atoms with Crippen molar-refractivity contribution in [2.75, 3.05) is 39.8 Å². The largest absolute Gasteiger partial charge is 0.330 e. The topological polar surface area (TPSA) is 65.7 Å². The maximum Gasteiger partial charge on any atom is 0.248 e. The Morgan fingerprint density at radius 1 is 1.07 bits per heavy atom.